The van der Waals surface area contributed by atoms with Gasteiger partial charge in [0.2, 0.25) is 0 Å². The van der Waals surface area contributed by atoms with Crippen molar-refractivity contribution in [2.75, 3.05) is 13.1 Å². The summed E-state index contributed by atoms with van der Waals surface area (Å²) in [6, 6.07) is 8.06. The van der Waals surface area contributed by atoms with Crippen LogP contribution in [0.1, 0.15) is 24.3 Å². The van der Waals surface area contributed by atoms with Gasteiger partial charge >= 0.3 is 6.03 Å². The fourth-order valence-corrected chi connectivity index (χ4v) is 2.84. The summed E-state index contributed by atoms with van der Waals surface area (Å²) < 4.78 is 0. The molecule has 4 nitrogen and oxygen atoms in total. The molecule has 1 saturated heterocycles. The molecular formula is C14H17N3O. The van der Waals surface area contributed by atoms with E-state index < -0.39 is 0 Å². The topological polar surface area (TPSA) is 62.1 Å². The Morgan fingerprint density at radius 3 is 2.72 bits per heavy atom. The summed E-state index contributed by atoms with van der Waals surface area (Å²) in [7, 11) is 0. The van der Waals surface area contributed by atoms with Crippen LogP contribution < -0.4 is 5.73 Å². The number of nitrogens with zero attached hydrogens (tertiary/aromatic N) is 1. The molecule has 0 atom stereocenters. The fourth-order valence-electron chi connectivity index (χ4n) is 2.84. The van der Waals surface area contributed by atoms with E-state index in [2.05, 4.69) is 29.4 Å². The molecule has 18 heavy (non-hydrogen) atoms. The SMILES string of the molecule is NC(=O)N1CCC(c2c[nH]c3ccccc23)CC1. The number of benzene rings is 1. The molecule has 4 heteroatoms. The molecular weight excluding hydrogens is 226 g/mol. The highest BCUT2D eigenvalue weighted by molar-refractivity contribution is 5.83. The molecule has 0 aliphatic carbocycles. The number of fused-ring (bicyclic) bond motifs is 1. The second-order valence-electron chi connectivity index (χ2n) is 4.89. The van der Waals surface area contributed by atoms with E-state index in [-0.39, 0.29) is 6.03 Å². The second-order valence-corrected chi connectivity index (χ2v) is 4.89. The van der Waals surface area contributed by atoms with Crippen molar-refractivity contribution in [1.82, 2.24) is 9.88 Å². The van der Waals surface area contributed by atoms with Crippen molar-refractivity contribution in [2.45, 2.75) is 18.8 Å². The monoisotopic (exact) mass is 243 g/mol. The van der Waals surface area contributed by atoms with E-state index in [1.54, 1.807) is 4.90 Å². The number of nitrogens with two attached hydrogens (primary N) is 1. The fraction of sp³-hybridized carbons (Fsp3) is 0.357. The maximum Gasteiger partial charge on any atom is 0.314 e. The summed E-state index contributed by atoms with van der Waals surface area (Å²) >= 11 is 0. The molecule has 1 aromatic carbocycles. The minimum absolute atomic E-state index is 0.299. The van der Waals surface area contributed by atoms with Gasteiger partial charge < -0.3 is 15.6 Å². The second kappa shape index (κ2) is 4.37. The Morgan fingerprint density at radius 2 is 2.00 bits per heavy atom. The number of aromatic amines is 1. The summed E-state index contributed by atoms with van der Waals surface area (Å²) in [5.74, 6) is 0.525. The van der Waals surface area contributed by atoms with Gasteiger partial charge in [0.1, 0.15) is 0 Å². The quantitative estimate of drug-likeness (QED) is 0.794. The molecule has 0 unspecified atom stereocenters. The molecule has 3 N–H and O–H groups in total. The number of hydrogen-bond acceptors (Lipinski definition) is 1. The standard InChI is InChI=1S/C14H17N3O/c15-14(18)17-7-5-10(6-8-17)12-9-16-13-4-2-1-3-11(12)13/h1-4,9-10,16H,5-8H2,(H2,15,18). The highest BCUT2D eigenvalue weighted by Crippen LogP contribution is 2.32. The van der Waals surface area contributed by atoms with Gasteiger partial charge in [-0.3, -0.25) is 0 Å². The van der Waals surface area contributed by atoms with Crippen LogP contribution >= 0.6 is 0 Å². The molecule has 0 spiro atoms. The first-order valence-electron chi connectivity index (χ1n) is 6.36. The molecule has 3 rings (SSSR count). The summed E-state index contributed by atoms with van der Waals surface area (Å²) in [6.45, 7) is 1.53. The zero-order chi connectivity index (χ0) is 12.5. The minimum atomic E-state index is -0.299. The number of aromatic nitrogens is 1. The molecule has 1 aliphatic heterocycles. The average molecular weight is 243 g/mol. The van der Waals surface area contributed by atoms with Crippen LogP contribution in [0, 0.1) is 0 Å². The van der Waals surface area contributed by atoms with Crippen LogP contribution in [-0.2, 0) is 0 Å². The van der Waals surface area contributed by atoms with E-state index in [1.165, 1.54) is 16.5 Å². The Bertz CT molecular complexity index is 567. The molecule has 1 aliphatic rings. The van der Waals surface area contributed by atoms with Crippen LogP contribution in [0.4, 0.5) is 4.79 Å². The van der Waals surface area contributed by atoms with Crippen LogP contribution in [0.15, 0.2) is 30.5 Å². The normalized spacial score (nSPS) is 17.2. The third kappa shape index (κ3) is 1.83. The van der Waals surface area contributed by atoms with Gasteiger partial charge in [0.05, 0.1) is 0 Å². The molecule has 0 saturated carbocycles. The number of piperidine rings is 1. The highest BCUT2D eigenvalue weighted by atomic mass is 16.2. The number of para-hydroxylation sites is 1. The summed E-state index contributed by atoms with van der Waals surface area (Å²) in [4.78, 5) is 16.1. The molecule has 2 aromatic rings. The zero-order valence-electron chi connectivity index (χ0n) is 10.2. The zero-order valence-corrected chi connectivity index (χ0v) is 10.2. The molecule has 0 bridgehead atoms. The first-order valence-corrected chi connectivity index (χ1v) is 6.36. The van der Waals surface area contributed by atoms with Crippen LogP contribution in [0.2, 0.25) is 0 Å². The number of urea groups is 1. The van der Waals surface area contributed by atoms with Gasteiger partial charge in [-0.25, -0.2) is 4.79 Å². The van der Waals surface area contributed by atoms with Gasteiger partial charge in [-0.05, 0) is 30.4 Å². The molecule has 1 fully saturated rings. The number of primary amides is 1. The number of H-pyrrole nitrogens is 1. The lowest BCUT2D eigenvalue weighted by Gasteiger charge is -2.30. The minimum Gasteiger partial charge on any atom is -0.361 e. The van der Waals surface area contributed by atoms with E-state index in [0.29, 0.717) is 5.92 Å². The number of hydrogen-bond donors (Lipinski definition) is 2. The average Bonchev–Trinajstić information content (AvgIpc) is 2.82. The Morgan fingerprint density at radius 1 is 1.28 bits per heavy atom. The van der Waals surface area contributed by atoms with Crippen molar-refractivity contribution in [3.05, 3.63) is 36.0 Å². The number of rotatable bonds is 1. The Hall–Kier alpha value is -1.97. The molecule has 94 valence electrons. The van der Waals surface area contributed by atoms with E-state index in [1.807, 2.05) is 6.07 Å². The Labute approximate surface area is 106 Å². The van der Waals surface area contributed by atoms with Crippen molar-refractivity contribution >= 4 is 16.9 Å². The van der Waals surface area contributed by atoms with Gasteiger partial charge in [0, 0.05) is 30.2 Å². The number of amides is 2. The van der Waals surface area contributed by atoms with Crippen molar-refractivity contribution in [3.63, 3.8) is 0 Å². The van der Waals surface area contributed by atoms with E-state index in [4.69, 9.17) is 5.73 Å². The third-order valence-electron chi connectivity index (χ3n) is 3.87. The summed E-state index contributed by atoms with van der Waals surface area (Å²) in [6.07, 6.45) is 4.09. The van der Waals surface area contributed by atoms with Gasteiger partial charge in [0.25, 0.3) is 0 Å². The first-order chi connectivity index (χ1) is 8.75. The molecule has 0 radical (unpaired) electrons. The maximum absolute atomic E-state index is 11.1. The van der Waals surface area contributed by atoms with Gasteiger partial charge in [-0.2, -0.15) is 0 Å². The van der Waals surface area contributed by atoms with Gasteiger partial charge in [-0.15, -0.1) is 0 Å². The largest absolute Gasteiger partial charge is 0.361 e. The lowest BCUT2D eigenvalue weighted by atomic mass is 9.89. The number of nitrogens with one attached hydrogen (secondary N) is 1. The van der Waals surface area contributed by atoms with E-state index >= 15 is 0 Å². The first kappa shape index (κ1) is 11.1. The van der Waals surface area contributed by atoms with Crippen LogP contribution in [0.5, 0.6) is 0 Å². The number of carbonyl (C=O) groups is 1. The van der Waals surface area contributed by atoms with Crippen LogP contribution in [0.25, 0.3) is 10.9 Å². The van der Waals surface area contributed by atoms with Gasteiger partial charge in [0.15, 0.2) is 0 Å². The Kier molecular flexibility index (Phi) is 2.70. The third-order valence-corrected chi connectivity index (χ3v) is 3.87. The molecule has 2 heterocycles. The van der Waals surface area contributed by atoms with Crippen molar-refractivity contribution in [3.8, 4) is 0 Å². The van der Waals surface area contributed by atoms with Crippen molar-refractivity contribution in [2.24, 2.45) is 5.73 Å². The molecule has 2 amide bonds. The van der Waals surface area contributed by atoms with Crippen LogP contribution in [-0.4, -0.2) is 29.0 Å². The van der Waals surface area contributed by atoms with E-state index in [0.717, 1.165) is 25.9 Å². The van der Waals surface area contributed by atoms with Crippen molar-refractivity contribution in [1.29, 1.82) is 0 Å². The maximum atomic E-state index is 11.1. The summed E-state index contributed by atoms with van der Waals surface area (Å²) in [5.41, 5.74) is 7.86. The summed E-state index contributed by atoms with van der Waals surface area (Å²) in [5, 5.41) is 1.30. The predicted octanol–water partition coefficient (Wildman–Crippen LogP) is 2.43. The predicted molar refractivity (Wildman–Crippen MR) is 71.4 cm³/mol. The highest BCUT2D eigenvalue weighted by Gasteiger charge is 2.23. The number of likely N-dealkylation sites (tertiary alicyclic amines) is 1. The van der Waals surface area contributed by atoms with E-state index in [9.17, 15) is 4.79 Å². The lowest BCUT2D eigenvalue weighted by molar-refractivity contribution is 0.191. The smallest absolute Gasteiger partial charge is 0.314 e. The lowest BCUT2D eigenvalue weighted by Crippen LogP contribution is -2.41. The van der Waals surface area contributed by atoms with Crippen molar-refractivity contribution < 1.29 is 4.79 Å². The van der Waals surface area contributed by atoms with Gasteiger partial charge in [-0.1, -0.05) is 18.2 Å². The number of carbonyl (C=O) groups excluding carboxylic acids is 1. The van der Waals surface area contributed by atoms with Crippen LogP contribution in [0.3, 0.4) is 0 Å². The molecule has 1 aromatic heterocycles. The Balaban J connectivity index is 1.82.